The highest BCUT2D eigenvalue weighted by molar-refractivity contribution is 7.92. The first-order valence-corrected chi connectivity index (χ1v) is 8.46. The van der Waals surface area contributed by atoms with Gasteiger partial charge in [-0.15, -0.1) is 0 Å². The van der Waals surface area contributed by atoms with Gasteiger partial charge in [-0.3, -0.25) is 0 Å². The van der Waals surface area contributed by atoms with Crippen molar-refractivity contribution in [2.24, 2.45) is 0 Å². The van der Waals surface area contributed by atoms with E-state index in [2.05, 4.69) is 0 Å². The topological polar surface area (TPSA) is 71.4 Å². The second-order valence-corrected chi connectivity index (χ2v) is 8.02. The second kappa shape index (κ2) is 5.93. The van der Waals surface area contributed by atoms with Crippen molar-refractivity contribution in [3.63, 3.8) is 0 Å². The number of carboxylic acids is 1. The molecule has 2 rings (SSSR count). The van der Waals surface area contributed by atoms with Crippen LogP contribution in [0, 0.1) is 6.92 Å². The van der Waals surface area contributed by atoms with Gasteiger partial charge >= 0.3 is 5.97 Å². The number of carbonyl (C=O) groups is 1. The summed E-state index contributed by atoms with van der Waals surface area (Å²) in [6.45, 7) is 5.11. The van der Waals surface area contributed by atoms with Crippen LogP contribution in [0.1, 0.15) is 29.8 Å². The predicted octanol–water partition coefficient (Wildman–Crippen LogP) is 3.54. The molecular weight excluding hydrogens is 300 g/mol. The van der Waals surface area contributed by atoms with Crippen molar-refractivity contribution >= 4 is 15.8 Å². The van der Waals surface area contributed by atoms with E-state index in [-0.39, 0.29) is 10.5 Å². The van der Waals surface area contributed by atoms with Crippen molar-refractivity contribution in [2.45, 2.75) is 30.9 Å². The highest BCUT2D eigenvalue weighted by Crippen LogP contribution is 2.27. The van der Waals surface area contributed by atoms with Crippen molar-refractivity contribution in [1.82, 2.24) is 0 Å². The molecule has 116 valence electrons. The van der Waals surface area contributed by atoms with Crippen LogP contribution in [0.5, 0.6) is 0 Å². The van der Waals surface area contributed by atoms with E-state index in [1.807, 2.05) is 31.2 Å². The monoisotopic (exact) mass is 318 g/mol. The van der Waals surface area contributed by atoms with E-state index in [1.54, 1.807) is 13.8 Å². The van der Waals surface area contributed by atoms with E-state index >= 15 is 0 Å². The molecule has 22 heavy (non-hydrogen) atoms. The Morgan fingerprint density at radius 1 is 1.00 bits per heavy atom. The standard InChI is InChI=1S/C17H18O4S/c1-11(2)22(20,21)16-9-14(8-15(10-16)17(18)19)13-6-4-12(3)5-7-13/h4-11H,1-3H3,(H,18,19). The Morgan fingerprint density at radius 3 is 2.09 bits per heavy atom. The lowest BCUT2D eigenvalue weighted by Gasteiger charge is -2.11. The molecule has 0 atom stereocenters. The van der Waals surface area contributed by atoms with Crippen LogP contribution in [0.25, 0.3) is 11.1 Å². The van der Waals surface area contributed by atoms with Crippen molar-refractivity contribution in [1.29, 1.82) is 0 Å². The van der Waals surface area contributed by atoms with Crippen LogP contribution in [0.15, 0.2) is 47.4 Å². The Hall–Kier alpha value is -2.14. The summed E-state index contributed by atoms with van der Waals surface area (Å²) in [7, 11) is -3.53. The second-order valence-electron chi connectivity index (χ2n) is 5.51. The largest absolute Gasteiger partial charge is 0.478 e. The van der Waals surface area contributed by atoms with Crippen LogP contribution in [0.3, 0.4) is 0 Å². The van der Waals surface area contributed by atoms with Gasteiger partial charge in [-0.1, -0.05) is 29.8 Å². The third-order valence-electron chi connectivity index (χ3n) is 3.49. The molecule has 0 fully saturated rings. The number of benzene rings is 2. The van der Waals surface area contributed by atoms with Crippen molar-refractivity contribution < 1.29 is 18.3 Å². The first-order valence-electron chi connectivity index (χ1n) is 6.91. The van der Waals surface area contributed by atoms with E-state index in [4.69, 9.17) is 0 Å². The molecule has 0 aliphatic rings. The lowest BCUT2D eigenvalue weighted by molar-refractivity contribution is 0.0696. The maximum Gasteiger partial charge on any atom is 0.335 e. The molecule has 0 saturated heterocycles. The first-order chi connectivity index (χ1) is 10.2. The lowest BCUT2D eigenvalue weighted by Crippen LogP contribution is -2.15. The van der Waals surface area contributed by atoms with Gasteiger partial charge in [0.25, 0.3) is 0 Å². The summed E-state index contributed by atoms with van der Waals surface area (Å²) in [6.07, 6.45) is 0. The van der Waals surface area contributed by atoms with Gasteiger partial charge in [0, 0.05) is 0 Å². The van der Waals surface area contributed by atoms with Gasteiger partial charge in [0.15, 0.2) is 9.84 Å². The number of rotatable bonds is 4. The summed E-state index contributed by atoms with van der Waals surface area (Å²) in [5, 5.41) is 8.63. The van der Waals surface area contributed by atoms with Crippen LogP contribution >= 0.6 is 0 Å². The molecule has 0 saturated carbocycles. The lowest BCUT2D eigenvalue weighted by atomic mass is 10.0. The first kappa shape index (κ1) is 16.2. The molecule has 1 N–H and O–H groups in total. The summed E-state index contributed by atoms with van der Waals surface area (Å²) in [6, 6.07) is 11.7. The number of sulfone groups is 1. The van der Waals surface area contributed by atoms with Gasteiger partial charge in [0.2, 0.25) is 0 Å². The molecule has 0 aromatic heterocycles. The average Bonchev–Trinajstić information content (AvgIpc) is 2.47. The van der Waals surface area contributed by atoms with Gasteiger partial charge in [-0.05, 0) is 50.1 Å². The fraction of sp³-hybridized carbons (Fsp3) is 0.235. The third kappa shape index (κ3) is 3.20. The van der Waals surface area contributed by atoms with Crippen LogP contribution in [-0.4, -0.2) is 24.7 Å². The number of hydrogen-bond acceptors (Lipinski definition) is 3. The van der Waals surface area contributed by atoms with Crippen molar-refractivity contribution in [3.8, 4) is 11.1 Å². The van der Waals surface area contributed by atoms with Crippen molar-refractivity contribution in [3.05, 3.63) is 53.6 Å². The zero-order chi connectivity index (χ0) is 16.5. The Morgan fingerprint density at radius 2 is 1.59 bits per heavy atom. The van der Waals surface area contributed by atoms with E-state index in [0.29, 0.717) is 5.56 Å². The molecule has 2 aromatic carbocycles. The Labute approximate surface area is 130 Å². The van der Waals surface area contributed by atoms with Crippen molar-refractivity contribution in [2.75, 3.05) is 0 Å². The normalized spacial score (nSPS) is 11.6. The summed E-state index contributed by atoms with van der Waals surface area (Å²) in [4.78, 5) is 11.3. The van der Waals surface area contributed by atoms with Crippen LogP contribution < -0.4 is 0 Å². The highest BCUT2D eigenvalue weighted by Gasteiger charge is 2.22. The van der Waals surface area contributed by atoms with E-state index in [1.165, 1.54) is 18.2 Å². The molecule has 0 bridgehead atoms. The molecular formula is C17H18O4S. The van der Waals surface area contributed by atoms with Gasteiger partial charge in [-0.25, -0.2) is 13.2 Å². The maximum atomic E-state index is 12.4. The minimum absolute atomic E-state index is 0.0303. The SMILES string of the molecule is Cc1ccc(-c2cc(C(=O)O)cc(S(=O)(=O)C(C)C)c2)cc1. The minimum Gasteiger partial charge on any atom is -0.478 e. The van der Waals surface area contributed by atoms with Gasteiger partial charge in [0.05, 0.1) is 15.7 Å². The fourth-order valence-corrected chi connectivity index (χ4v) is 3.20. The molecule has 2 aromatic rings. The highest BCUT2D eigenvalue weighted by atomic mass is 32.2. The predicted molar refractivity (Wildman–Crippen MR) is 85.9 cm³/mol. The van der Waals surface area contributed by atoms with E-state index < -0.39 is 21.1 Å². The van der Waals surface area contributed by atoms with Gasteiger partial charge in [0.1, 0.15) is 0 Å². The number of aryl methyl sites for hydroxylation is 1. The molecule has 0 aliphatic heterocycles. The smallest absolute Gasteiger partial charge is 0.335 e. The zero-order valence-corrected chi connectivity index (χ0v) is 13.5. The molecule has 4 nitrogen and oxygen atoms in total. The quantitative estimate of drug-likeness (QED) is 0.936. The molecule has 0 amide bonds. The van der Waals surface area contributed by atoms with E-state index in [9.17, 15) is 18.3 Å². The molecule has 0 spiro atoms. The van der Waals surface area contributed by atoms with Crippen LogP contribution in [0.4, 0.5) is 0 Å². The summed E-state index contributed by atoms with van der Waals surface area (Å²) < 4.78 is 24.7. The third-order valence-corrected chi connectivity index (χ3v) is 5.62. The summed E-state index contributed by atoms with van der Waals surface area (Å²) >= 11 is 0. The van der Waals surface area contributed by atoms with Gasteiger partial charge in [-0.2, -0.15) is 0 Å². The average molecular weight is 318 g/mol. The molecule has 0 radical (unpaired) electrons. The number of carboxylic acid groups (broad SMARTS) is 1. The van der Waals surface area contributed by atoms with Gasteiger partial charge < -0.3 is 5.11 Å². The zero-order valence-electron chi connectivity index (χ0n) is 12.7. The fourth-order valence-electron chi connectivity index (χ4n) is 2.07. The molecule has 0 unspecified atom stereocenters. The number of hydrogen-bond donors (Lipinski definition) is 1. The summed E-state index contributed by atoms with van der Waals surface area (Å²) in [5.74, 6) is -1.14. The Balaban J connectivity index is 2.68. The maximum absolute atomic E-state index is 12.4. The Bertz CT molecular complexity index is 803. The Kier molecular flexibility index (Phi) is 4.37. The van der Waals surface area contributed by atoms with Crippen LogP contribution in [0.2, 0.25) is 0 Å². The molecule has 0 aliphatic carbocycles. The number of aromatic carboxylic acids is 1. The van der Waals surface area contributed by atoms with Crippen LogP contribution in [-0.2, 0) is 9.84 Å². The molecule has 5 heteroatoms. The molecule has 0 heterocycles. The summed E-state index contributed by atoms with van der Waals surface area (Å²) in [5.41, 5.74) is 2.42. The minimum atomic E-state index is -3.53. The van der Waals surface area contributed by atoms with E-state index in [0.717, 1.165) is 11.1 Å².